The Morgan fingerprint density at radius 3 is 2.33 bits per heavy atom. The fourth-order valence-corrected chi connectivity index (χ4v) is 0.608. The van der Waals surface area contributed by atoms with Crippen LogP contribution in [-0.4, -0.2) is 9.55 Å². The van der Waals surface area contributed by atoms with Gasteiger partial charge in [0.15, 0.2) is 0 Å². The van der Waals surface area contributed by atoms with Crippen molar-refractivity contribution in [2.24, 2.45) is 5.73 Å². The number of rotatable bonds is 1. The van der Waals surface area contributed by atoms with Gasteiger partial charge in [0, 0.05) is 12.7 Å². The molecule has 0 saturated carbocycles. The zero-order valence-corrected chi connectivity index (χ0v) is 6.69. The lowest BCUT2D eigenvalue weighted by molar-refractivity contribution is -0.204. The summed E-state index contributed by atoms with van der Waals surface area (Å²) in [5.41, 5.74) is 5.29. The molecule has 70 valence electrons. The first kappa shape index (κ1) is 11.2. The number of nitrogens with two attached hydrogens (primary N) is 1. The van der Waals surface area contributed by atoms with Gasteiger partial charge in [0.1, 0.15) is 6.33 Å². The molecule has 0 bridgehead atoms. The molecule has 0 atom stereocenters. The van der Waals surface area contributed by atoms with Crippen molar-refractivity contribution in [2.45, 2.75) is 12.8 Å². The van der Waals surface area contributed by atoms with E-state index in [0.29, 0.717) is 6.33 Å². The Labute approximate surface area is 72.8 Å². The van der Waals surface area contributed by atoms with Crippen molar-refractivity contribution in [2.75, 3.05) is 0 Å². The predicted octanol–water partition coefficient (Wildman–Crippen LogP) is 1.24. The lowest BCUT2D eigenvalue weighted by Gasteiger charge is -2.04. The van der Waals surface area contributed by atoms with E-state index >= 15 is 0 Å². The average Bonchev–Trinajstić information content (AvgIpc) is 2.32. The summed E-state index contributed by atoms with van der Waals surface area (Å²) >= 11 is 0. The van der Waals surface area contributed by atoms with Crippen LogP contribution in [0, 0.1) is 0 Å². The van der Waals surface area contributed by atoms with Crippen LogP contribution < -0.4 is 5.73 Å². The van der Waals surface area contributed by atoms with Crippen molar-refractivity contribution in [3.05, 3.63) is 18.2 Å². The van der Waals surface area contributed by atoms with Crippen LogP contribution in [0.15, 0.2) is 12.5 Å². The van der Waals surface area contributed by atoms with Gasteiger partial charge < -0.3 is 5.73 Å². The fraction of sp³-hybridized carbons (Fsp3) is 0.400. The van der Waals surface area contributed by atoms with Gasteiger partial charge in [-0.05, 0) is 0 Å². The quantitative estimate of drug-likeness (QED) is 0.743. The molecule has 12 heavy (non-hydrogen) atoms. The largest absolute Gasteiger partial charge is 0.489 e. The Morgan fingerprint density at radius 2 is 2.08 bits per heavy atom. The van der Waals surface area contributed by atoms with E-state index < -0.39 is 6.30 Å². The Balaban J connectivity index is 0.00000121. The molecule has 0 saturated heterocycles. The lowest BCUT2D eigenvalue weighted by atomic mass is 10.5. The van der Waals surface area contributed by atoms with Crippen molar-refractivity contribution in [1.82, 2.24) is 9.55 Å². The number of halogens is 4. The third-order valence-corrected chi connectivity index (χ3v) is 1.14. The summed E-state index contributed by atoms with van der Waals surface area (Å²) in [6.45, 7) is 0.0169. The molecule has 0 fully saturated rings. The molecule has 0 aromatic carbocycles. The number of alkyl halides is 3. The number of aromatic nitrogens is 2. The number of hydrogen-bond acceptors (Lipinski definition) is 2. The second-order valence-electron chi connectivity index (χ2n) is 1.94. The molecule has 0 spiro atoms. The van der Waals surface area contributed by atoms with E-state index in [9.17, 15) is 13.2 Å². The first-order chi connectivity index (χ1) is 5.04. The van der Waals surface area contributed by atoms with Crippen LogP contribution in [0.2, 0.25) is 0 Å². The normalized spacial score (nSPS) is 11.0. The summed E-state index contributed by atoms with van der Waals surface area (Å²) in [5.74, 6) is 0. The van der Waals surface area contributed by atoms with E-state index in [1.807, 2.05) is 0 Å². The Bertz CT molecular complexity index is 244. The second kappa shape index (κ2) is 3.77. The lowest BCUT2D eigenvalue weighted by Crippen LogP contribution is -2.14. The van der Waals surface area contributed by atoms with Crippen LogP contribution in [0.3, 0.4) is 0 Å². The molecule has 1 aromatic rings. The number of hydrogen-bond donors (Lipinski definition) is 1. The SMILES string of the molecule is Cl.NCc1cn(C(F)(F)F)cn1. The summed E-state index contributed by atoms with van der Waals surface area (Å²) in [5, 5.41) is 0. The summed E-state index contributed by atoms with van der Waals surface area (Å²) in [7, 11) is 0. The topological polar surface area (TPSA) is 43.8 Å². The molecule has 0 aliphatic heterocycles. The van der Waals surface area contributed by atoms with Gasteiger partial charge in [0.25, 0.3) is 0 Å². The van der Waals surface area contributed by atoms with Crippen molar-refractivity contribution in [1.29, 1.82) is 0 Å². The minimum absolute atomic E-state index is 0. The molecule has 3 nitrogen and oxygen atoms in total. The Hall–Kier alpha value is -0.750. The highest BCUT2D eigenvalue weighted by Gasteiger charge is 2.30. The first-order valence-corrected chi connectivity index (χ1v) is 2.84. The third kappa shape index (κ3) is 2.38. The Kier molecular flexibility index (Phi) is 3.54. The van der Waals surface area contributed by atoms with Gasteiger partial charge in [-0.1, -0.05) is 0 Å². The van der Waals surface area contributed by atoms with Crippen LogP contribution in [0.25, 0.3) is 0 Å². The third-order valence-electron chi connectivity index (χ3n) is 1.14. The highest BCUT2D eigenvalue weighted by molar-refractivity contribution is 5.85. The number of nitrogens with zero attached hydrogens (tertiary/aromatic N) is 2. The highest BCUT2D eigenvalue weighted by Crippen LogP contribution is 2.21. The zero-order valence-electron chi connectivity index (χ0n) is 5.88. The van der Waals surface area contributed by atoms with Crippen LogP contribution >= 0.6 is 12.4 Å². The van der Waals surface area contributed by atoms with Gasteiger partial charge in [-0.15, -0.1) is 25.6 Å². The van der Waals surface area contributed by atoms with E-state index in [2.05, 4.69) is 4.98 Å². The maximum Gasteiger partial charge on any atom is 0.489 e. The van der Waals surface area contributed by atoms with Gasteiger partial charge in [0.05, 0.1) is 5.69 Å². The molecule has 1 heterocycles. The van der Waals surface area contributed by atoms with Crippen molar-refractivity contribution in [3.63, 3.8) is 0 Å². The average molecular weight is 202 g/mol. The van der Waals surface area contributed by atoms with E-state index in [4.69, 9.17) is 5.73 Å². The van der Waals surface area contributed by atoms with Gasteiger partial charge in [0.2, 0.25) is 0 Å². The van der Waals surface area contributed by atoms with Gasteiger partial charge in [-0.2, -0.15) is 0 Å². The monoisotopic (exact) mass is 201 g/mol. The van der Waals surface area contributed by atoms with Crippen molar-refractivity contribution < 1.29 is 13.2 Å². The fourth-order valence-electron chi connectivity index (χ4n) is 0.608. The molecule has 0 radical (unpaired) electrons. The molecule has 0 unspecified atom stereocenters. The molecule has 0 aliphatic carbocycles. The maximum atomic E-state index is 11.8. The van der Waals surface area contributed by atoms with E-state index in [-0.39, 0.29) is 29.2 Å². The molecule has 0 amide bonds. The first-order valence-electron chi connectivity index (χ1n) is 2.84. The van der Waals surface area contributed by atoms with E-state index in [1.165, 1.54) is 0 Å². The molecule has 2 N–H and O–H groups in total. The maximum absolute atomic E-state index is 11.8. The molecular weight excluding hydrogens is 195 g/mol. The van der Waals surface area contributed by atoms with Crippen LogP contribution in [0.5, 0.6) is 0 Å². The van der Waals surface area contributed by atoms with E-state index in [0.717, 1.165) is 6.20 Å². The second-order valence-corrected chi connectivity index (χ2v) is 1.94. The summed E-state index contributed by atoms with van der Waals surface area (Å²) in [4.78, 5) is 3.42. The van der Waals surface area contributed by atoms with Gasteiger partial charge in [-0.3, -0.25) is 0 Å². The van der Waals surface area contributed by atoms with Crippen LogP contribution in [0.1, 0.15) is 5.69 Å². The molecule has 1 rings (SSSR count). The smallest absolute Gasteiger partial charge is 0.325 e. The van der Waals surface area contributed by atoms with Crippen LogP contribution in [-0.2, 0) is 12.8 Å². The minimum atomic E-state index is -4.39. The molecule has 1 aromatic heterocycles. The van der Waals surface area contributed by atoms with Gasteiger partial charge in [-0.25, -0.2) is 9.55 Å². The van der Waals surface area contributed by atoms with Crippen LogP contribution in [0.4, 0.5) is 13.2 Å². The highest BCUT2D eigenvalue weighted by atomic mass is 35.5. The molecule has 0 aliphatic rings. The standard InChI is InChI=1S/C5H6F3N3.ClH/c6-5(7,8)11-2-4(1-9)10-3-11;/h2-3H,1,9H2;1H. The number of imidazole rings is 1. The predicted molar refractivity (Wildman–Crippen MR) is 38.7 cm³/mol. The molecular formula is C5H7ClF3N3. The van der Waals surface area contributed by atoms with E-state index in [1.54, 1.807) is 0 Å². The molecule has 7 heteroatoms. The summed E-state index contributed by atoms with van der Waals surface area (Å²) in [6.07, 6.45) is -2.83. The van der Waals surface area contributed by atoms with Crippen molar-refractivity contribution >= 4 is 12.4 Å². The van der Waals surface area contributed by atoms with Crippen molar-refractivity contribution in [3.8, 4) is 0 Å². The summed E-state index contributed by atoms with van der Waals surface area (Å²) in [6, 6.07) is 0. The Morgan fingerprint density at radius 1 is 1.50 bits per heavy atom. The summed E-state index contributed by atoms with van der Waals surface area (Å²) < 4.78 is 35.5. The van der Waals surface area contributed by atoms with Gasteiger partial charge >= 0.3 is 6.30 Å². The minimum Gasteiger partial charge on any atom is -0.325 e. The zero-order chi connectivity index (χ0) is 8.48.